The van der Waals surface area contributed by atoms with Crippen LogP contribution in [0.15, 0.2) is 11.4 Å². The van der Waals surface area contributed by atoms with Crippen LogP contribution in [0.5, 0.6) is 5.75 Å². The maximum Gasteiger partial charge on any atom is 0.349 e. The summed E-state index contributed by atoms with van der Waals surface area (Å²) >= 11 is 7.19. The van der Waals surface area contributed by atoms with E-state index in [1.165, 1.54) is 0 Å². The van der Waals surface area contributed by atoms with E-state index in [9.17, 15) is 4.79 Å². The molecule has 0 radical (unpaired) electrons. The number of hydrogen-bond acceptors (Lipinski definition) is 4. The van der Waals surface area contributed by atoms with Crippen molar-refractivity contribution >= 4 is 28.9 Å². The highest BCUT2D eigenvalue weighted by molar-refractivity contribution is 7.12. The maximum atomic E-state index is 10.9. The number of thiophene rings is 1. The minimum Gasteiger partial charge on any atom is -0.487 e. The summed E-state index contributed by atoms with van der Waals surface area (Å²) in [6, 6.07) is 1.63. The van der Waals surface area contributed by atoms with Crippen LogP contribution in [0.25, 0.3) is 0 Å². The number of hydrogen-bond donors (Lipinski definition) is 1. The van der Waals surface area contributed by atoms with Crippen molar-refractivity contribution in [1.82, 2.24) is 9.78 Å². The van der Waals surface area contributed by atoms with Gasteiger partial charge in [-0.3, -0.25) is 4.68 Å². The zero-order valence-corrected chi connectivity index (χ0v) is 11.4. The summed E-state index contributed by atoms with van der Waals surface area (Å²) < 4.78 is 7.05. The van der Waals surface area contributed by atoms with E-state index in [-0.39, 0.29) is 11.5 Å². The molecule has 2 aromatic heterocycles. The van der Waals surface area contributed by atoms with Crippen LogP contribution >= 0.6 is 22.9 Å². The van der Waals surface area contributed by atoms with E-state index in [1.54, 1.807) is 23.2 Å². The van der Waals surface area contributed by atoms with Gasteiger partial charge >= 0.3 is 5.97 Å². The molecule has 96 valence electrons. The molecule has 5 nitrogen and oxygen atoms in total. The molecule has 0 atom stereocenters. The molecule has 2 heterocycles. The minimum atomic E-state index is -0.992. The van der Waals surface area contributed by atoms with Crippen LogP contribution in [0.2, 0.25) is 5.15 Å². The second kappa shape index (κ2) is 4.99. The summed E-state index contributed by atoms with van der Waals surface area (Å²) in [6.45, 7) is 2.03. The molecule has 0 saturated heterocycles. The second-order valence-corrected chi connectivity index (χ2v) is 4.96. The average molecular weight is 287 g/mol. The molecule has 2 aromatic rings. The zero-order valence-electron chi connectivity index (χ0n) is 9.81. The number of carbonyl (C=O) groups is 1. The summed E-state index contributed by atoms with van der Waals surface area (Å²) in [5, 5.41) is 15.3. The van der Waals surface area contributed by atoms with Gasteiger partial charge in [0.25, 0.3) is 0 Å². The summed E-state index contributed by atoms with van der Waals surface area (Å²) in [5.41, 5.74) is 1.54. The van der Waals surface area contributed by atoms with E-state index in [0.717, 1.165) is 22.6 Å². The largest absolute Gasteiger partial charge is 0.487 e. The highest BCUT2D eigenvalue weighted by Gasteiger charge is 2.16. The molecule has 0 amide bonds. The van der Waals surface area contributed by atoms with Gasteiger partial charge in [0, 0.05) is 12.6 Å². The highest BCUT2D eigenvalue weighted by Crippen LogP contribution is 2.27. The van der Waals surface area contributed by atoms with Gasteiger partial charge in [-0.2, -0.15) is 5.10 Å². The first-order valence-electron chi connectivity index (χ1n) is 5.12. The summed E-state index contributed by atoms with van der Waals surface area (Å²) in [6.07, 6.45) is 0. The normalized spacial score (nSPS) is 10.6. The van der Waals surface area contributed by atoms with Crippen LogP contribution in [-0.4, -0.2) is 20.9 Å². The smallest absolute Gasteiger partial charge is 0.349 e. The van der Waals surface area contributed by atoms with Gasteiger partial charge in [-0.1, -0.05) is 11.6 Å². The Morgan fingerprint density at radius 2 is 2.39 bits per heavy atom. The molecule has 0 bridgehead atoms. The molecule has 0 fully saturated rings. The number of halogens is 1. The molecular formula is C11H11ClN2O3S. The second-order valence-electron chi connectivity index (χ2n) is 3.69. The van der Waals surface area contributed by atoms with Crippen LogP contribution < -0.4 is 4.74 Å². The average Bonchev–Trinajstić information content (AvgIpc) is 2.84. The van der Waals surface area contributed by atoms with Crippen molar-refractivity contribution in [3.8, 4) is 5.75 Å². The first kappa shape index (κ1) is 12.9. The number of aromatic nitrogens is 2. The van der Waals surface area contributed by atoms with E-state index >= 15 is 0 Å². The zero-order chi connectivity index (χ0) is 13.3. The Labute approximate surface area is 113 Å². The van der Waals surface area contributed by atoms with Crippen LogP contribution in [0.4, 0.5) is 0 Å². The molecule has 2 rings (SSSR count). The third-order valence-corrected chi connectivity index (χ3v) is 3.82. The molecule has 0 aliphatic carbocycles. The van der Waals surface area contributed by atoms with E-state index in [0.29, 0.717) is 10.9 Å². The predicted molar refractivity (Wildman–Crippen MR) is 68.6 cm³/mol. The lowest BCUT2D eigenvalue weighted by Crippen LogP contribution is -2.01. The van der Waals surface area contributed by atoms with Gasteiger partial charge in [-0.25, -0.2) is 4.79 Å². The van der Waals surface area contributed by atoms with E-state index < -0.39 is 5.97 Å². The molecule has 0 aliphatic rings. The third kappa shape index (κ3) is 2.34. The Morgan fingerprint density at radius 1 is 1.67 bits per heavy atom. The molecule has 1 N–H and O–H groups in total. The monoisotopic (exact) mass is 286 g/mol. The number of carboxylic acids is 1. The van der Waals surface area contributed by atoms with Crippen molar-refractivity contribution in [1.29, 1.82) is 0 Å². The topological polar surface area (TPSA) is 64.4 Å². The van der Waals surface area contributed by atoms with Crippen molar-refractivity contribution in [3.63, 3.8) is 0 Å². The molecule has 0 aliphatic heterocycles. The van der Waals surface area contributed by atoms with Gasteiger partial charge in [0.15, 0.2) is 4.88 Å². The number of aryl methyl sites for hydroxylation is 2. The fraction of sp³-hybridized carbons (Fsp3) is 0.273. The lowest BCUT2D eigenvalue weighted by Gasteiger charge is -2.05. The molecular weight excluding hydrogens is 276 g/mol. The number of ether oxygens (including phenoxy) is 1. The van der Waals surface area contributed by atoms with Gasteiger partial charge in [-0.15, -0.1) is 11.3 Å². The van der Waals surface area contributed by atoms with Crippen molar-refractivity contribution in [2.45, 2.75) is 13.5 Å². The van der Waals surface area contributed by atoms with Gasteiger partial charge < -0.3 is 9.84 Å². The quantitative estimate of drug-likeness (QED) is 0.938. The Bertz CT molecular complexity index is 591. The van der Waals surface area contributed by atoms with Crippen LogP contribution in [0.1, 0.15) is 20.9 Å². The Balaban J connectivity index is 2.16. The van der Waals surface area contributed by atoms with Crippen molar-refractivity contribution in [2.75, 3.05) is 0 Å². The summed E-state index contributed by atoms with van der Waals surface area (Å²) in [7, 11) is 1.74. The number of nitrogens with zero attached hydrogens (tertiary/aromatic N) is 2. The van der Waals surface area contributed by atoms with Crippen molar-refractivity contribution < 1.29 is 14.6 Å². The molecule has 0 saturated carbocycles. The van der Waals surface area contributed by atoms with Gasteiger partial charge in [0.2, 0.25) is 0 Å². The van der Waals surface area contributed by atoms with Crippen LogP contribution in [0.3, 0.4) is 0 Å². The van der Waals surface area contributed by atoms with Gasteiger partial charge in [-0.05, 0) is 18.4 Å². The predicted octanol–water partition coefficient (Wildman–Crippen LogP) is 2.72. The lowest BCUT2D eigenvalue weighted by molar-refractivity contribution is 0.0697. The van der Waals surface area contributed by atoms with E-state index in [2.05, 4.69) is 5.10 Å². The Hall–Kier alpha value is -1.53. The fourth-order valence-corrected chi connectivity index (χ4v) is 2.46. The minimum absolute atomic E-state index is 0.188. The molecule has 0 unspecified atom stereocenters. The highest BCUT2D eigenvalue weighted by atomic mass is 35.5. The molecule has 0 aromatic carbocycles. The van der Waals surface area contributed by atoms with Crippen LogP contribution in [-0.2, 0) is 13.7 Å². The van der Waals surface area contributed by atoms with Crippen LogP contribution in [0, 0.1) is 6.92 Å². The van der Waals surface area contributed by atoms with Gasteiger partial charge in [0.1, 0.15) is 17.5 Å². The van der Waals surface area contributed by atoms with Gasteiger partial charge in [0.05, 0.1) is 5.69 Å². The Kier molecular flexibility index (Phi) is 3.58. The third-order valence-electron chi connectivity index (χ3n) is 2.47. The first-order valence-corrected chi connectivity index (χ1v) is 6.38. The SMILES string of the molecule is Cc1nn(C)c(Cl)c1COc1ccsc1C(=O)O. The first-order chi connectivity index (χ1) is 8.50. The molecule has 18 heavy (non-hydrogen) atoms. The van der Waals surface area contributed by atoms with Crippen molar-refractivity contribution in [3.05, 3.63) is 32.7 Å². The maximum absolute atomic E-state index is 10.9. The van der Waals surface area contributed by atoms with Crippen molar-refractivity contribution in [2.24, 2.45) is 7.05 Å². The Morgan fingerprint density at radius 3 is 2.94 bits per heavy atom. The summed E-state index contributed by atoms with van der Waals surface area (Å²) in [4.78, 5) is 11.1. The van der Waals surface area contributed by atoms with E-state index in [4.69, 9.17) is 21.4 Å². The number of rotatable bonds is 4. The van der Waals surface area contributed by atoms with E-state index in [1.807, 2.05) is 6.92 Å². The lowest BCUT2D eigenvalue weighted by atomic mass is 10.3. The number of carboxylic acid groups (broad SMARTS) is 1. The number of aromatic carboxylic acids is 1. The summed E-state index contributed by atoms with van der Waals surface area (Å²) in [5.74, 6) is -0.638. The fourth-order valence-electron chi connectivity index (χ4n) is 1.55. The molecule has 7 heteroatoms. The standard InChI is InChI=1S/C11H11ClN2O3S/c1-6-7(10(12)14(2)13-6)5-17-8-3-4-18-9(8)11(15)16/h3-4H,5H2,1-2H3,(H,15,16). The molecule has 0 spiro atoms.